The molecule has 0 unspecified atom stereocenters. The van der Waals surface area contributed by atoms with Gasteiger partial charge in [0.1, 0.15) is 0 Å². The van der Waals surface area contributed by atoms with Gasteiger partial charge in [-0.25, -0.2) is 9.97 Å². The maximum atomic E-state index is 12.4. The average Bonchev–Trinajstić information content (AvgIpc) is 3.04. The highest BCUT2D eigenvalue weighted by molar-refractivity contribution is 6.34. The molecule has 1 aliphatic rings. The van der Waals surface area contributed by atoms with Crippen LogP contribution < -0.4 is 10.6 Å². The number of rotatable bonds is 4. The van der Waals surface area contributed by atoms with Crippen molar-refractivity contribution in [3.8, 4) is 0 Å². The summed E-state index contributed by atoms with van der Waals surface area (Å²) in [6.07, 6.45) is 7.87. The van der Waals surface area contributed by atoms with E-state index in [0.717, 1.165) is 24.0 Å². The molecule has 1 aromatic heterocycles. The molecule has 5 nitrogen and oxygen atoms in total. The van der Waals surface area contributed by atoms with Crippen LogP contribution in [0.1, 0.15) is 47.2 Å². The number of anilines is 2. The number of benzene rings is 1. The van der Waals surface area contributed by atoms with Gasteiger partial charge in [-0.1, -0.05) is 30.5 Å². The zero-order valence-electron chi connectivity index (χ0n) is 13.9. The van der Waals surface area contributed by atoms with Crippen LogP contribution in [0.5, 0.6) is 0 Å². The number of carbonyl (C=O) groups is 1. The molecule has 1 aliphatic carbocycles. The van der Waals surface area contributed by atoms with Gasteiger partial charge in [-0.05, 0) is 43.9 Å². The fourth-order valence-electron chi connectivity index (χ4n) is 3.03. The van der Waals surface area contributed by atoms with Crippen LogP contribution in [0.2, 0.25) is 5.02 Å². The van der Waals surface area contributed by atoms with Gasteiger partial charge in [0.2, 0.25) is 5.95 Å². The predicted octanol–water partition coefficient (Wildman–Crippen LogP) is 4.35. The standard InChI is InChI=1S/C18H21ClN4O/c1-11-7-12(2)16(15(19)8-11)23-17(24)13-9-20-18(21-10-13)22-14-5-3-4-6-14/h7-10,14H,3-6H2,1-2H3,(H,23,24)(H,20,21,22). The summed E-state index contributed by atoms with van der Waals surface area (Å²) >= 11 is 6.23. The number of hydrogen-bond donors (Lipinski definition) is 2. The average molecular weight is 345 g/mol. The topological polar surface area (TPSA) is 66.9 Å². The summed E-state index contributed by atoms with van der Waals surface area (Å²) in [5, 5.41) is 6.68. The second-order valence-corrected chi connectivity index (χ2v) is 6.72. The highest BCUT2D eigenvalue weighted by Gasteiger charge is 2.16. The molecule has 0 aliphatic heterocycles. The Labute approximate surface area is 146 Å². The van der Waals surface area contributed by atoms with Gasteiger partial charge in [0, 0.05) is 18.4 Å². The molecule has 0 spiro atoms. The Balaban J connectivity index is 1.69. The van der Waals surface area contributed by atoms with E-state index in [0.29, 0.717) is 28.3 Å². The number of hydrogen-bond acceptors (Lipinski definition) is 4. The van der Waals surface area contributed by atoms with Crippen LogP contribution in [0.15, 0.2) is 24.5 Å². The van der Waals surface area contributed by atoms with Gasteiger partial charge in [-0.2, -0.15) is 0 Å². The first kappa shape index (κ1) is 16.7. The van der Waals surface area contributed by atoms with E-state index in [9.17, 15) is 4.79 Å². The molecule has 2 aromatic rings. The van der Waals surface area contributed by atoms with E-state index >= 15 is 0 Å². The first-order chi connectivity index (χ1) is 11.5. The zero-order chi connectivity index (χ0) is 17.1. The molecular weight excluding hydrogens is 324 g/mol. The number of nitrogens with one attached hydrogen (secondary N) is 2. The number of carbonyl (C=O) groups excluding carboxylic acids is 1. The lowest BCUT2D eigenvalue weighted by atomic mass is 10.1. The van der Waals surface area contributed by atoms with E-state index in [1.54, 1.807) is 0 Å². The highest BCUT2D eigenvalue weighted by Crippen LogP contribution is 2.27. The highest BCUT2D eigenvalue weighted by atomic mass is 35.5. The van der Waals surface area contributed by atoms with Gasteiger partial charge in [0.15, 0.2) is 0 Å². The van der Waals surface area contributed by atoms with Crippen molar-refractivity contribution < 1.29 is 4.79 Å². The number of amides is 1. The van der Waals surface area contributed by atoms with Crippen LogP contribution in [-0.2, 0) is 0 Å². The van der Waals surface area contributed by atoms with Gasteiger partial charge in [-0.3, -0.25) is 4.79 Å². The lowest BCUT2D eigenvalue weighted by molar-refractivity contribution is 0.102. The third-order valence-corrected chi connectivity index (χ3v) is 4.57. The Hall–Kier alpha value is -2.14. The summed E-state index contributed by atoms with van der Waals surface area (Å²) in [5.41, 5.74) is 3.01. The molecule has 1 fully saturated rings. The van der Waals surface area contributed by atoms with E-state index in [2.05, 4.69) is 20.6 Å². The van der Waals surface area contributed by atoms with E-state index in [1.807, 2.05) is 26.0 Å². The van der Waals surface area contributed by atoms with E-state index in [4.69, 9.17) is 11.6 Å². The van der Waals surface area contributed by atoms with E-state index in [-0.39, 0.29) is 5.91 Å². The minimum Gasteiger partial charge on any atom is -0.351 e. The lowest BCUT2D eigenvalue weighted by Gasteiger charge is -2.13. The third kappa shape index (κ3) is 3.85. The summed E-state index contributed by atoms with van der Waals surface area (Å²) in [6.45, 7) is 3.88. The number of halogens is 1. The lowest BCUT2D eigenvalue weighted by Crippen LogP contribution is -2.18. The molecule has 126 valence electrons. The van der Waals surface area contributed by atoms with Gasteiger partial charge >= 0.3 is 0 Å². The molecular formula is C18H21ClN4O. The van der Waals surface area contributed by atoms with E-state index in [1.165, 1.54) is 25.2 Å². The zero-order valence-corrected chi connectivity index (χ0v) is 14.7. The summed E-state index contributed by atoms with van der Waals surface area (Å²) < 4.78 is 0. The van der Waals surface area contributed by atoms with E-state index < -0.39 is 0 Å². The minimum absolute atomic E-state index is 0.267. The Morgan fingerprint density at radius 3 is 2.46 bits per heavy atom. The maximum absolute atomic E-state index is 12.4. The molecule has 0 atom stereocenters. The molecule has 1 aromatic carbocycles. The second kappa shape index (κ2) is 7.18. The van der Waals surface area contributed by atoms with Crippen molar-refractivity contribution >= 4 is 29.1 Å². The molecule has 0 saturated heterocycles. The smallest absolute Gasteiger partial charge is 0.258 e. The third-order valence-electron chi connectivity index (χ3n) is 4.27. The summed E-state index contributed by atoms with van der Waals surface area (Å²) in [6, 6.07) is 4.25. The van der Waals surface area contributed by atoms with Crippen LogP contribution >= 0.6 is 11.6 Å². The SMILES string of the molecule is Cc1cc(C)c(NC(=O)c2cnc(NC3CCCC3)nc2)c(Cl)c1. The first-order valence-electron chi connectivity index (χ1n) is 8.19. The molecule has 1 amide bonds. The van der Waals surface area contributed by atoms with Crippen LogP contribution in [0.25, 0.3) is 0 Å². The molecule has 1 saturated carbocycles. The Kier molecular flexibility index (Phi) is 5.00. The monoisotopic (exact) mass is 344 g/mol. The number of nitrogens with zero attached hydrogens (tertiary/aromatic N) is 2. The van der Waals surface area contributed by atoms with Crippen molar-refractivity contribution in [3.05, 3.63) is 46.2 Å². The Morgan fingerprint density at radius 1 is 1.17 bits per heavy atom. The first-order valence-corrected chi connectivity index (χ1v) is 8.57. The number of aromatic nitrogens is 2. The Morgan fingerprint density at radius 2 is 1.83 bits per heavy atom. The van der Waals surface area contributed by atoms with Gasteiger partial charge in [0.05, 0.1) is 16.3 Å². The van der Waals surface area contributed by atoms with Gasteiger partial charge in [0.25, 0.3) is 5.91 Å². The fraction of sp³-hybridized carbons (Fsp3) is 0.389. The maximum Gasteiger partial charge on any atom is 0.258 e. The molecule has 24 heavy (non-hydrogen) atoms. The van der Waals surface area contributed by atoms with Crippen LogP contribution in [-0.4, -0.2) is 21.9 Å². The Bertz CT molecular complexity index is 716. The molecule has 0 radical (unpaired) electrons. The summed E-state index contributed by atoms with van der Waals surface area (Å²) in [4.78, 5) is 20.9. The fourth-order valence-corrected chi connectivity index (χ4v) is 3.40. The summed E-state index contributed by atoms with van der Waals surface area (Å²) in [7, 11) is 0. The van der Waals surface area contributed by atoms with Crippen molar-refractivity contribution in [3.63, 3.8) is 0 Å². The molecule has 0 bridgehead atoms. The van der Waals surface area contributed by atoms with Crippen molar-refractivity contribution in [1.82, 2.24) is 9.97 Å². The van der Waals surface area contributed by atoms with Crippen molar-refractivity contribution in [2.75, 3.05) is 10.6 Å². The second-order valence-electron chi connectivity index (χ2n) is 6.31. The van der Waals surface area contributed by atoms with Crippen LogP contribution in [0.3, 0.4) is 0 Å². The normalized spacial score (nSPS) is 14.6. The number of aryl methyl sites for hydroxylation is 2. The van der Waals surface area contributed by atoms with Crippen molar-refractivity contribution in [2.45, 2.75) is 45.6 Å². The van der Waals surface area contributed by atoms with Crippen molar-refractivity contribution in [2.24, 2.45) is 0 Å². The minimum atomic E-state index is -0.267. The largest absolute Gasteiger partial charge is 0.351 e. The van der Waals surface area contributed by atoms with Gasteiger partial charge < -0.3 is 10.6 Å². The molecule has 1 heterocycles. The summed E-state index contributed by atoms with van der Waals surface area (Å²) in [5.74, 6) is 0.305. The molecule has 3 rings (SSSR count). The molecule has 6 heteroatoms. The quantitative estimate of drug-likeness (QED) is 0.865. The molecule has 2 N–H and O–H groups in total. The van der Waals surface area contributed by atoms with Crippen molar-refractivity contribution in [1.29, 1.82) is 0 Å². The van der Waals surface area contributed by atoms with Crippen LogP contribution in [0.4, 0.5) is 11.6 Å². The van der Waals surface area contributed by atoms with Gasteiger partial charge in [-0.15, -0.1) is 0 Å². The van der Waals surface area contributed by atoms with Crippen LogP contribution in [0, 0.1) is 13.8 Å². The predicted molar refractivity (Wildman–Crippen MR) is 96.8 cm³/mol.